The van der Waals surface area contributed by atoms with Crippen molar-refractivity contribution in [2.75, 3.05) is 6.61 Å². The molecule has 0 N–H and O–H groups in total. The largest absolute Gasteiger partial charge is 0.370 e. The molecular weight excluding hydrogens is 128 g/mol. The van der Waals surface area contributed by atoms with Crippen LogP contribution in [-0.4, -0.2) is 18.5 Å². The van der Waals surface area contributed by atoms with Crippen molar-refractivity contribution < 1.29 is 9.53 Å². The second-order valence-electron chi connectivity index (χ2n) is 2.96. The molecular formula is C8H16O2. The van der Waals surface area contributed by atoms with E-state index in [9.17, 15) is 4.79 Å². The average Bonchev–Trinajstić information content (AvgIpc) is 1.82. The molecule has 0 amide bonds. The highest BCUT2D eigenvalue weighted by molar-refractivity contribution is 5.76. The van der Waals surface area contributed by atoms with E-state index >= 15 is 0 Å². The average molecular weight is 144 g/mol. The number of ketones is 1. The first-order valence-electron chi connectivity index (χ1n) is 3.65. The molecule has 0 bridgehead atoms. The molecule has 0 rings (SSSR count). The smallest absolute Gasteiger partial charge is 0.155 e. The fourth-order valence-corrected chi connectivity index (χ4v) is 0.441. The van der Waals surface area contributed by atoms with E-state index in [1.807, 2.05) is 6.92 Å². The molecule has 0 aromatic carbocycles. The van der Waals surface area contributed by atoms with Gasteiger partial charge in [0.15, 0.2) is 5.78 Å². The molecule has 0 fully saturated rings. The highest BCUT2D eigenvalue weighted by atomic mass is 16.5. The lowest BCUT2D eigenvalue weighted by Crippen LogP contribution is -2.18. The summed E-state index contributed by atoms with van der Waals surface area (Å²) >= 11 is 0. The molecule has 10 heavy (non-hydrogen) atoms. The van der Waals surface area contributed by atoms with Crippen LogP contribution < -0.4 is 0 Å². The van der Waals surface area contributed by atoms with E-state index in [2.05, 4.69) is 13.8 Å². The van der Waals surface area contributed by atoms with Gasteiger partial charge >= 0.3 is 0 Å². The summed E-state index contributed by atoms with van der Waals surface area (Å²) in [7, 11) is 0. The third-order valence-electron chi connectivity index (χ3n) is 1.49. The van der Waals surface area contributed by atoms with E-state index in [0.717, 1.165) is 0 Å². The van der Waals surface area contributed by atoms with Crippen LogP contribution in [-0.2, 0) is 9.53 Å². The van der Waals surface area contributed by atoms with E-state index in [1.54, 1.807) is 0 Å². The van der Waals surface area contributed by atoms with Crippen molar-refractivity contribution in [1.29, 1.82) is 0 Å². The van der Waals surface area contributed by atoms with Crippen LogP contribution >= 0.6 is 0 Å². The number of carbonyl (C=O) groups is 1. The van der Waals surface area contributed by atoms with Gasteiger partial charge < -0.3 is 4.74 Å². The Labute approximate surface area is 62.6 Å². The molecule has 0 unspecified atom stereocenters. The van der Waals surface area contributed by atoms with Crippen molar-refractivity contribution in [3.8, 4) is 0 Å². The second kappa shape index (κ2) is 4.45. The summed E-state index contributed by atoms with van der Waals surface area (Å²) < 4.78 is 5.22. The molecule has 0 spiro atoms. The van der Waals surface area contributed by atoms with Gasteiger partial charge in [-0.05, 0) is 19.8 Å². The van der Waals surface area contributed by atoms with Crippen molar-refractivity contribution in [2.24, 2.45) is 5.92 Å². The Morgan fingerprint density at radius 3 is 2.20 bits per heavy atom. The van der Waals surface area contributed by atoms with Crippen LogP contribution in [0.2, 0.25) is 0 Å². The van der Waals surface area contributed by atoms with Crippen LogP contribution in [0.1, 0.15) is 27.7 Å². The van der Waals surface area contributed by atoms with Crippen LogP contribution in [0.4, 0.5) is 0 Å². The van der Waals surface area contributed by atoms with E-state index in [-0.39, 0.29) is 18.5 Å². The fraction of sp³-hybridized carbons (Fsp3) is 0.875. The lowest BCUT2D eigenvalue weighted by Gasteiger charge is -2.14. The van der Waals surface area contributed by atoms with Gasteiger partial charge in [0.2, 0.25) is 0 Å². The van der Waals surface area contributed by atoms with Crippen LogP contribution in [0.25, 0.3) is 0 Å². The fourth-order valence-electron chi connectivity index (χ4n) is 0.441. The van der Waals surface area contributed by atoms with E-state index in [0.29, 0.717) is 5.92 Å². The predicted molar refractivity (Wildman–Crippen MR) is 40.9 cm³/mol. The lowest BCUT2D eigenvalue weighted by atomic mass is 10.1. The summed E-state index contributed by atoms with van der Waals surface area (Å²) in [5, 5.41) is 0. The molecule has 0 saturated heterocycles. The van der Waals surface area contributed by atoms with Crippen molar-refractivity contribution in [3.05, 3.63) is 0 Å². The summed E-state index contributed by atoms with van der Waals surface area (Å²) in [4.78, 5) is 10.4. The van der Waals surface area contributed by atoms with Gasteiger partial charge in [0.1, 0.15) is 6.61 Å². The molecule has 2 heteroatoms. The first-order chi connectivity index (χ1) is 4.54. The summed E-state index contributed by atoms with van der Waals surface area (Å²) in [6, 6.07) is 0. The summed E-state index contributed by atoms with van der Waals surface area (Å²) in [6.45, 7) is 7.91. The highest BCUT2D eigenvalue weighted by Gasteiger charge is 2.07. The first-order valence-corrected chi connectivity index (χ1v) is 3.65. The van der Waals surface area contributed by atoms with Crippen LogP contribution in [0.5, 0.6) is 0 Å². The maximum absolute atomic E-state index is 10.4. The van der Waals surface area contributed by atoms with Gasteiger partial charge in [-0.3, -0.25) is 4.79 Å². The summed E-state index contributed by atoms with van der Waals surface area (Å²) in [6.07, 6.45) is 0.184. The van der Waals surface area contributed by atoms with Crippen LogP contribution in [0, 0.1) is 5.92 Å². The Bertz CT molecular complexity index is 108. The van der Waals surface area contributed by atoms with Crippen molar-refractivity contribution >= 4 is 5.78 Å². The molecule has 0 aromatic heterocycles. The number of Topliss-reactive ketones (excluding diaryl/α,β-unsaturated/α-hetero) is 1. The van der Waals surface area contributed by atoms with Gasteiger partial charge in [-0.15, -0.1) is 0 Å². The number of hydrogen-bond acceptors (Lipinski definition) is 2. The number of ether oxygens (including phenoxy) is 1. The SMILES string of the molecule is CC(=O)CO[C@@H](C)C(C)C. The van der Waals surface area contributed by atoms with Gasteiger partial charge in [-0.25, -0.2) is 0 Å². The minimum atomic E-state index is 0.0903. The first kappa shape index (κ1) is 9.63. The van der Waals surface area contributed by atoms with E-state index in [4.69, 9.17) is 4.74 Å². The maximum Gasteiger partial charge on any atom is 0.155 e. The van der Waals surface area contributed by atoms with Gasteiger partial charge in [0.05, 0.1) is 6.10 Å². The molecule has 1 atom stereocenters. The zero-order chi connectivity index (χ0) is 8.15. The predicted octanol–water partition coefficient (Wildman–Crippen LogP) is 1.64. The molecule has 0 aliphatic rings. The quantitative estimate of drug-likeness (QED) is 0.599. The van der Waals surface area contributed by atoms with Gasteiger partial charge in [0, 0.05) is 0 Å². The number of rotatable bonds is 4. The minimum Gasteiger partial charge on any atom is -0.370 e. The van der Waals surface area contributed by atoms with E-state index < -0.39 is 0 Å². The Balaban J connectivity index is 3.39. The van der Waals surface area contributed by atoms with Gasteiger partial charge in [0.25, 0.3) is 0 Å². The zero-order valence-corrected chi connectivity index (χ0v) is 7.18. The van der Waals surface area contributed by atoms with E-state index in [1.165, 1.54) is 6.92 Å². The maximum atomic E-state index is 10.4. The Morgan fingerprint density at radius 2 is 1.90 bits per heavy atom. The number of hydrogen-bond donors (Lipinski definition) is 0. The molecule has 60 valence electrons. The van der Waals surface area contributed by atoms with Crippen molar-refractivity contribution in [2.45, 2.75) is 33.8 Å². The Kier molecular flexibility index (Phi) is 4.28. The number of carbonyl (C=O) groups excluding carboxylic acids is 1. The Hall–Kier alpha value is -0.370. The van der Waals surface area contributed by atoms with Crippen LogP contribution in [0.3, 0.4) is 0 Å². The van der Waals surface area contributed by atoms with Crippen molar-refractivity contribution in [1.82, 2.24) is 0 Å². The summed E-state index contributed by atoms with van der Waals surface area (Å²) in [5.41, 5.74) is 0. The molecule has 0 saturated carbocycles. The molecule has 2 nitrogen and oxygen atoms in total. The van der Waals surface area contributed by atoms with Gasteiger partial charge in [-0.2, -0.15) is 0 Å². The zero-order valence-electron chi connectivity index (χ0n) is 7.18. The monoisotopic (exact) mass is 144 g/mol. The Morgan fingerprint density at radius 1 is 1.40 bits per heavy atom. The molecule has 0 heterocycles. The van der Waals surface area contributed by atoms with Gasteiger partial charge in [-0.1, -0.05) is 13.8 Å². The topological polar surface area (TPSA) is 26.3 Å². The third kappa shape index (κ3) is 4.50. The molecule has 0 aliphatic heterocycles. The second-order valence-corrected chi connectivity index (χ2v) is 2.96. The minimum absolute atomic E-state index is 0.0903. The third-order valence-corrected chi connectivity index (χ3v) is 1.49. The standard InChI is InChI=1S/C8H16O2/c1-6(2)8(4)10-5-7(3)9/h6,8H,5H2,1-4H3/t8-/m0/s1. The summed E-state index contributed by atoms with van der Waals surface area (Å²) in [5.74, 6) is 0.576. The molecule has 0 aliphatic carbocycles. The normalized spacial score (nSPS) is 13.7. The highest BCUT2D eigenvalue weighted by Crippen LogP contribution is 2.04. The lowest BCUT2D eigenvalue weighted by molar-refractivity contribution is -0.123. The molecule has 0 aromatic rings. The molecule has 0 radical (unpaired) electrons. The van der Waals surface area contributed by atoms with Crippen molar-refractivity contribution in [3.63, 3.8) is 0 Å². The van der Waals surface area contributed by atoms with Crippen LogP contribution in [0.15, 0.2) is 0 Å².